The third-order valence-corrected chi connectivity index (χ3v) is 7.23. The van der Waals surface area contributed by atoms with Gasteiger partial charge in [-0.3, -0.25) is 0 Å². The fourth-order valence-corrected chi connectivity index (χ4v) is 4.82. The Morgan fingerprint density at radius 2 is 1.30 bits per heavy atom. The van der Waals surface area contributed by atoms with Crippen molar-refractivity contribution in [1.82, 2.24) is 0 Å². The summed E-state index contributed by atoms with van der Waals surface area (Å²) in [6.07, 6.45) is 18.0. The molecule has 0 unspecified atom stereocenters. The second-order valence-electron chi connectivity index (χ2n) is 10.5. The Labute approximate surface area is 240 Å². The van der Waals surface area contributed by atoms with Crippen molar-refractivity contribution >= 4 is 11.9 Å². The Hall–Kier alpha value is -3.12. The highest BCUT2D eigenvalue weighted by molar-refractivity contribution is 5.91. The maximum absolute atomic E-state index is 12.5. The van der Waals surface area contributed by atoms with Gasteiger partial charge < -0.3 is 18.9 Å². The molecule has 2 aromatic rings. The molecule has 2 aromatic carbocycles. The van der Waals surface area contributed by atoms with Gasteiger partial charge in [0.25, 0.3) is 0 Å². The minimum Gasteiger partial charge on any atom is -0.494 e. The summed E-state index contributed by atoms with van der Waals surface area (Å²) in [6.45, 7) is 5.14. The minimum absolute atomic E-state index is 0.339. The molecule has 218 valence electrons. The zero-order valence-electron chi connectivity index (χ0n) is 24.0. The lowest BCUT2D eigenvalue weighted by Crippen LogP contribution is -2.16. The van der Waals surface area contributed by atoms with Crippen LogP contribution in [0.1, 0.15) is 106 Å². The van der Waals surface area contributed by atoms with E-state index in [1.165, 1.54) is 57.4 Å². The smallest absolute Gasteiger partial charge is 0.343 e. The average Bonchev–Trinajstić information content (AvgIpc) is 2.99. The first-order valence-corrected chi connectivity index (χ1v) is 15.1. The van der Waals surface area contributed by atoms with E-state index < -0.39 is 0 Å². The standard InChI is InChI=1S/C34H46O6/c1-2-33(35)38-26-14-9-7-5-3-4-6-8-13-25-37-31-23-19-29(20-24-31)34(36)40-32-21-17-28(18-22-32)27-39-30-15-11-10-12-16-30/h2,17-24,30H,1,3-16,25-27H2. The molecule has 0 N–H and O–H groups in total. The lowest BCUT2D eigenvalue weighted by molar-refractivity contribution is -0.137. The maximum Gasteiger partial charge on any atom is 0.343 e. The third-order valence-electron chi connectivity index (χ3n) is 7.23. The first kappa shape index (κ1) is 31.4. The van der Waals surface area contributed by atoms with Crippen LogP contribution in [0, 0.1) is 0 Å². The second kappa shape index (κ2) is 19.0. The highest BCUT2D eigenvalue weighted by Crippen LogP contribution is 2.22. The number of hydrogen-bond acceptors (Lipinski definition) is 6. The molecule has 0 radical (unpaired) electrons. The van der Waals surface area contributed by atoms with Gasteiger partial charge in [0.2, 0.25) is 0 Å². The van der Waals surface area contributed by atoms with Crippen molar-refractivity contribution in [2.45, 2.75) is 103 Å². The molecule has 0 atom stereocenters. The van der Waals surface area contributed by atoms with Crippen LogP contribution in [0.15, 0.2) is 61.2 Å². The highest BCUT2D eigenvalue weighted by atomic mass is 16.5. The third kappa shape index (κ3) is 12.8. The monoisotopic (exact) mass is 550 g/mol. The van der Waals surface area contributed by atoms with Crippen molar-refractivity contribution in [3.8, 4) is 11.5 Å². The minimum atomic E-state index is -0.381. The summed E-state index contributed by atoms with van der Waals surface area (Å²) in [5.74, 6) is 0.568. The van der Waals surface area contributed by atoms with Crippen molar-refractivity contribution < 1.29 is 28.5 Å². The molecule has 1 fully saturated rings. The van der Waals surface area contributed by atoms with E-state index in [0.29, 0.717) is 37.2 Å². The lowest BCUT2D eigenvalue weighted by atomic mass is 9.98. The predicted octanol–water partition coefficient (Wildman–Crippen LogP) is 8.37. The van der Waals surface area contributed by atoms with Crippen molar-refractivity contribution in [2.75, 3.05) is 13.2 Å². The van der Waals surface area contributed by atoms with Gasteiger partial charge >= 0.3 is 11.9 Å². The van der Waals surface area contributed by atoms with Crippen LogP contribution in [-0.2, 0) is 20.9 Å². The molecule has 1 aliphatic rings. The molecule has 6 nitrogen and oxygen atoms in total. The van der Waals surface area contributed by atoms with E-state index in [4.69, 9.17) is 18.9 Å². The van der Waals surface area contributed by atoms with E-state index in [1.807, 2.05) is 36.4 Å². The second-order valence-corrected chi connectivity index (χ2v) is 10.5. The topological polar surface area (TPSA) is 71.1 Å². The summed E-state index contributed by atoms with van der Waals surface area (Å²) in [5.41, 5.74) is 1.58. The Morgan fingerprint density at radius 3 is 1.93 bits per heavy atom. The van der Waals surface area contributed by atoms with Crippen LogP contribution in [0.4, 0.5) is 0 Å². The van der Waals surface area contributed by atoms with Gasteiger partial charge in [-0.2, -0.15) is 0 Å². The molecule has 6 heteroatoms. The Kier molecular flexibility index (Phi) is 15.0. The molecule has 0 heterocycles. The van der Waals surface area contributed by atoms with Crippen LogP contribution in [0.3, 0.4) is 0 Å². The van der Waals surface area contributed by atoms with Crippen LogP contribution in [0.2, 0.25) is 0 Å². The van der Waals surface area contributed by atoms with Crippen LogP contribution >= 0.6 is 0 Å². The van der Waals surface area contributed by atoms with Gasteiger partial charge in [-0.1, -0.05) is 82.9 Å². The van der Waals surface area contributed by atoms with E-state index in [1.54, 1.807) is 12.1 Å². The molecular formula is C34H46O6. The van der Waals surface area contributed by atoms with E-state index in [2.05, 4.69) is 6.58 Å². The van der Waals surface area contributed by atoms with E-state index in [-0.39, 0.29) is 11.9 Å². The van der Waals surface area contributed by atoms with Gasteiger partial charge in [0.1, 0.15) is 11.5 Å². The van der Waals surface area contributed by atoms with Crippen LogP contribution < -0.4 is 9.47 Å². The van der Waals surface area contributed by atoms with Crippen LogP contribution in [-0.4, -0.2) is 31.3 Å². The number of benzene rings is 2. The number of ether oxygens (including phenoxy) is 4. The molecule has 40 heavy (non-hydrogen) atoms. The zero-order chi connectivity index (χ0) is 28.3. The molecule has 0 aromatic heterocycles. The number of rotatable bonds is 19. The average molecular weight is 551 g/mol. The number of unbranched alkanes of at least 4 members (excludes halogenated alkanes) is 8. The fraction of sp³-hybridized carbons (Fsp3) is 0.529. The van der Waals surface area contributed by atoms with E-state index in [9.17, 15) is 9.59 Å². The quantitative estimate of drug-likeness (QED) is 0.0757. The van der Waals surface area contributed by atoms with Gasteiger partial charge in [0, 0.05) is 6.08 Å². The molecular weight excluding hydrogens is 504 g/mol. The summed E-state index contributed by atoms with van der Waals surface area (Å²) in [4.78, 5) is 23.5. The van der Waals surface area contributed by atoms with Crippen molar-refractivity contribution in [3.05, 3.63) is 72.3 Å². The van der Waals surface area contributed by atoms with Crippen LogP contribution in [0.5, 0.6) is 11.5 Å². The number of esters is 2. The van der Waals surface area contributed by atoms with Gasteiger partial charge in [0.05, 0.1) is 31.5 Å². The first-order valence-electron chi connectivity index (χ1n) is 15.1. The summed E-state index contributed by atoms with van der Waals surface area (Å²) in [6, 6.07) is 14.7. The molecule has 0 amide bonds. The Bertz CT molecular complexity index is 992. The zero-order valence-corrected chi connectivity index (χ0v) is 24.0. The Balaban J connectivity index is 1.21. The summed E-state index contributed by atoms with van der Waals surface area (Å²) >= 11 is 0. The molecule has 0 bridgehead atoms. The molecule has 1 saturated carbocycles. The number of hydrogen-bond donors (Lipinski definition) is 0. The number of carbonyl (C=O) groups excluding carboxylic acids is 2. The summed E-state index contributed by atoms with van der Waals surface area (Å²) in [7, 11) is 0. The summed E-state index contributed by atoms with van der Waals surface area (Å²) in [5, 5.41) is 0. The molecule has 0 saturated heterocycles. The maximum atomic E-state index is 12.5. The normalized spacial score (nSPS) is 13.5. The van der Waals surface area contributed by atoms with Crippen molar-refractivity contribution in [3.63, 3.8) is 0 Å². The van der Waals surface area contributed by atoms with Gasteiger partial charge in [0.15, 0.2) is 0 Å². The Morgan fingerprint density at radius 1 is 0.725 bits per heavy atom. The van der Waals surface area contributed by atoms with E-state index in [0.717, 1.165) is 49.8 Å². The predicted molar refractivity (Wildman–Crippen MR) is 158 cm³/mol. The molecule has 0 aliphatic heterocycles. The van der Waals surface area contributed by atoms with Gasteiger partial charge in [-0.05, 0) is 67.6 Å². The lowest BCUT2D eigenvalue weighted by Gasteiger charge is -2.22. The first-order chi connectivity index (χ1) is 19.6. The largest absolute Gasteiger partial charge is 0.494 e. The molecule has 1 aliphatic carbocycles. The van der Waals surface area contributed by atoms with Crippen LogP contribution in [0.25, 0.3) is 0 Å². The fourth-order valence-electron chi connectivity index (χ4n) is 4.82. The van der Waals surface area contributed by atoms with Crippen molar-refractivity contribution in [2.24, 2.45) is 0 Å². The molecule has 0 spiro atoms. The highest BCUT2D eigenvalue weighted by Gasteiger charge is 2.14. The SMILES string of the molecule is C=CC(=O)OCCCCCCCCCCCOc1ccc(C(=O)Oc2ccc(COC3CCCCC3)cc2)cc1. The van der Waals surface area contributed by atoms with Gasteiger partial charge in [-0.15, -0.1) is 0 Å². The van der Waals surface area contributed by atoms with E-state index >= 15 is 0 Å². The van der Waals surface area contributed by atoms with Gasteiger partial charge in [-0.25, -0.2) is 9.59 Å². The summed E-state index contributed by atoms with van der Waals surface area (Å²) < 4.78 is 22.4. The van der Waals surface area contributed by atoms with Crippen molar-refractivity contribution in [1.29, 1.82) is 0 Å². The molecule has 3 rings (SSSR count). The number of carbonyl (C=O) groups is 2.